The van der Waals surface area contributed by atoms with Gasteiger partial charge < -0.3 is 19.5 Å². The number of nitrogens with zero attached hydrogens (tertiary/aromatic N) is 3. The van der Waals surface area contributed by atoms with Crippen LogP contribution in [0.5, 0.6) is 5.75 Å². The third-order valence-corrected chi connectivity index (χ3v) is 7.89. The first-order valence-electron chi connectivity index (χ1n) is 12.9. The van der Waals surface area contributed by atoms with Crippen molar-refractivity contribution in [2.45, 2.75) is 58.2 Å². The van der Waals surface area contributed by atoms with E-state index in [1.807, 2.05) is 56.1 Å². The zero-order chi connectivity index (χ0) is 25.6. The highest BCUT2D eigenvalue weighted by atomic mass is 16.5. The molecule has 0 saturated carbocycles. The van der Waals surface area contributed by atoms with Crippen LogP contribution in [0.25, 0.3) is 10.9 Å². The number of hydrogen-bond donors (Lipinski definition) is 1. The fourth-order valence-corrected chi connectivity index (χ4v) is 5.66. The fraction of sp³-hybridized carbons (Fsp3) is 0.448. The van der Waals surface area contributed by atoms with Crippen LogP contribution in [0.15, 0.2) is 48.5 Å². The highest BCUT2D eigenvalue weighted by Crippen LogP contribution is 2.47. The minimum Gasteiger partial charge on any atom is -0.494 e. The number of aromatic nitrogens is 1. The van der Waals surface area contributed by atoms with Crippen molar-refractivity contribution in [3.8, 4) is 5.75 Å². The van der Waals surface area contributed by atoms with Crippen LogP contribution >= 0.6 is 0 Å². The van der Waals surface area contributed by atoms with Crippen molar-refractivity contribution in [1.29, 1.82) is 0 Å². The van der Waals surface area contributed by atoms with E-state index in [2.05, 4.69) is 41.9 Å². The number of urea groups is 1. The van der Waals surface area contributed by atoms with Crippen LogP contribution in [0.4, 0.5) is 4.79 Å². The van der Waals surface area contributed by atoms with Gasteiger partial charge in [0.1, 0.15) is 11.3 Å². The van der Waals surface area contributed by atoms with Gasteiger partial charge in [-0.25, -0.2) is 4.79 Å². The van der Waals surface area contributed by atoms with E-state index in [-0.39, 0.29) is 18.0 Å². The molecule has 7 heteroatoms. The molecule has 2 aliphatic heterocycles. The first-order valence-corrected chi connectivity index (χ1v) is 12.9. The number of fused-ring (bicyclic) bond motifs is 4. The van der Waals surface area contributed by atoms with Crippen LogP contribution in [0, 0.1) is 0 Å². The second-order valence-corrected chi connectivity index (χ2v) is 10.5. The molecule has 1 unspecified atom stereocenters. The minimum absolute atomic E-state index is 0.108. The number of hydrogen-bond acceptors (Lipinski definition) is 4. The molecule has 1 saturated heterocycles. The summed E-state index contributed by atoms with van der Waals surface area (Å²) in [5, 5.41) is 1.06. The first kappa shape index (κ1) is 24.4. The average molecular weight is 489 g/mol. The Morgan fingerprint density at radius 2 is 1.92 bits per heavy atom. The van der Waals surface area contributed by atoms with Gasteiger partial charge in [-0.05, 0) is 70.5 Å². The molecule has 3 aromatic rings. The Hall–Kier alpha value is -3.32. The lowest BCUT2D eigenvalue weighted by Crippen LogP contribution is -2.53. The van der Waals surface area contributed by atoms with Crippen molar-refractivity contribution in [2.24, 2.45) is 0 Å². The SMILES string of the molecule is CCOc1ccc2[nH]c3c(c2c1)C[C@@]1(C)C(=O)N(CCN(C)C(C)C)C(=O)N1C3Cc1ccccc1. The standard InChI is InChI=1S/C29H36N4O3/c1-6-36-21-12-13-24-22(17-21)23-18-29(4)27(34)32(15-14-31(5)19(2)3)28(35)33(29)25(26(23)30-24)16-20-10-8-7-9-11-20/h7-13,17,19,25,30H,6,14-16,18H2,1-5H3/t25?,29-/m0/s1. The van der Waals surface area contributed by atoms with E-state index in [0.717, 1.165) is 33.5 Å². The van der Waals surface area contributed by atoms with Gasteiger partial charge in [-0.3, -0.25) is 9.69 Å². The van der Waals surface area contributed by atoms with Crippen molar-refractivity contribution in [1.82, 2.24) is 19.7 Å². The molecule has 0 radical (unpaired) electrons. The van der Waals surface area contributed by atoms with E-state index in [1.54, 1.807) is 0 Å². The maximum absolute atomic E-state index is 13.9. The summed E-state index contributed by atoms with van der Waals surface area (Å²) in [6.45, 7) is 9.76. The molecule has 5 rings (SSSR count). The molecule has 2 aromatic carbocycles. The zero-order valence-electron chi connectivity index (χ0n) is 21.9. The van der Waals surface area contributed by atoms with E-state index in [9.17, 15) is 9.59 Å². The van der Waals surface area contributed by atoms with Crippen molar-refractivity contribution < 1.29 is 14.3 Å². The van der Waals surface area contributed by atoms with Crippen LogP contribution in [0.2, 0.25) is 0 Å². The Kier molecular flexibility index (Phi) is 6.29. The van der Waals surface area contributed by atoms with Gasteiger partial charge in [0.15, 0.2) is 0 Å². The van der Waals surface area contributed by atoms with Crippen molar-refractivity contribution in [3.63, 3.8) is 0 Å². The normalized spacial score (nSPS) is 21.6. The van der Waals surface area contributed by atoms with Crippen molar-refractivity contribution in [3.05, 3.63) is 65.4 Å². The van der Waals surface area contributed by atoms with E-state index >= 15 is 0 Å². The van der Waals surface area contributed by atoms with Crippen LogP contribution in [-0.2, 0) is 17.6 Å². The molecule has 7 nitrogen and oxygen atoms in total. The number of H-pyrrole nitrogens is 1. The summed E-state index contributed by atoms with van der Waals surface area (Å²) >= 11 is 0. The molecule has 0 spiro atoms. The quantitative estimate of drug-likeness (QED) is 0.464. The van der Waals surface area contributed by atoms with Gasteiger partial charge in [-0.15, -0.1) is 0 Å². The molecule has 0 bridgehead atoms. The smallest absolute Gasteiger partial charge is 0.328 e. The predicted octanol–water partition coefficient (Wildman–Crippen LogP) is 4.77. The third-order valence-electron chi connectivity index (χ3n) is 7.89. The minimum atomic E-state index is -0.934. The van der Waals surface area contributed by atoms with Crippen molar-refractivity contribution in [2.75, 3.05) is 26.7 Å². The Labute approximate surface area is 213 Å². The second kappa shape index (κ2) is 9.28. The lowest BCUT2D eigenvalue weighted by molar-refractivity contribution is -0.133. The summed E-state index contributed by atoms with van der Waals surface area (Å²) in [6, 6.07) is 16.1. The van der Waals surface area contributed by atoms with Crippen LogP contribution in [-0.4, -0.2) is 69.9 Å². The molecular weight excluding hydrogens is 452 g/mol. The van der Waals surface area contributed by atoms with E-state index in [0.29, 0.717) is 38.6 Å². The van der Waals surface area contributed by atoms with E-state index in [4.69, 9.17) is 4.74 Å². The van der Waals surface area contributed by atoms with Gasteiger partial charge in [0, 0.05) is 42.1 Å². The predicted molar refractivity (Wildman–Crippen MR) is 141 cm³/mol. The van der Waals surface area contributed by atoms with Crippen LogP contribution in [0.3, 0.4) is 0 Å². The molecule has 2 aliphatic rings. The number of carbonyl (C=O) groups is 2. The maximum atomic E-state index is 13.9. The molecule has 2 atom stereocenters. The molecule has 0 aliphatic carbocycles. The molecule has 3 amide bonds. The van der Waals surface area contributed by atoms with Crippen molar-refractivity contribution >= 4 is 22.8 Å². The van der Waals surface area contributed by atoms with E-state index < -0.39 is 5.54 Å². The number of rotatable bonds is 8. The lowest BCUT2D eigenvalue weighted by Gasteiger charge is -2.42. The number of aromatic amines is 1. The Morgan fingerprint density at radius 3 is 2.61 bits per heavy atom. The molecule has 36 heavy (non-hydrogen) atoms. The number of amides is 3. The topological polar surface area (TPSA) is 68.9 Å². The third kappa shape index (κ3) is 3.95. The van der Waals surface area contributed by atoms with Gasteiger partial charge in [-0.1, -0.05) is 30.3 Å². The Balaban J connectivity index is 1.59. The number of imide groups is 1. The summed E-state index contributed by atoms with van der Waals surface area (Å²) in [5.41, 5.74) is 3.32. The van der Waals surface area contributed by atoms with Gasteiger partial charge in [-0.2, -0.15) is 0 Å². The molecular formula is C29H36N4O3. The van der Waals surface area contributed by atoms with Gasteiger partial charge in [0.2, 0.25) is 0 Å². The maximum Gasteiger partial charge on any atom is 0.328 e. The summed E-state index contributed by atoms with van der Waals surface area (Å²) in [4.78, 5) is 36.9. The summed E-state index contributed by atoms with van der Waals surface area (Å²) in [6.07, 6.45) is 1.11. The highest BCUT2D eigenvalue weighted by Gasteiger charge is 2.59. The second-order valence-electron chi connectivity index (χ2n) is 10.5. The van der Waals surface area contributed by atoms with Gasteiger partial charge in [0.25, 0.3) is 5.91 Å². The summed E-state index contributed by atoms with van der Waals surface area (Å²) < 4.78 is 5.78. The average Bonchev–Trinajstić information content (AvgIpc) is 3.30. The van der Waals surface area contributed by atoms with Crippen LogP contribution < -0.4 is 4.74 Å². The van der Waals surface area contributed by atoms with Gasteiger partial charge in [0.05, 0.1) is 12.6 Å². The lowest BCUT2D eigenvalue weighted by atomic mass is 9.81. The number of likely N-dealkylation sites (N-methyl/N-ethyl adjacent to an activating group) is 1. The molecule has 1 aromatic heterocycles. The molecule has 1 N–H and O–H groups in total. The van der Waals surface area contributed by atoms with E-state index in [1.165, 1.54) is 4.90 Å². The number of ether oxygens (including phenoxy) is 1. The number of nitrogens with one attached hydrogen (secondary N) is 1. The Morgan fingerprint density at radius 1 is 1.17 bits per heavy atom. The Bertz CT molecular complexity index is 1280. The largest absolute Gasteiger partial charge is 0.494 e. The van der Waals surface area contributed by atoms with Crippen LogP contribution in [0.1, 0.15) is 50.6 Å². The summed E-state index contributed by atoms with van der Waals surface area (Å²) in [7, 11) is 2.02. The fourth-order valence-electron chi connectivity index (χ4n) is 5.66. The molecule has 190 valence electrons. The molecule has 3 heterocycles. The molecule has 1 fully saturated rings. The number of carbonyl (C=O) groups excluding carboxylic acids is 2. The highest BCUT2D eigenvalue weighted by molar-refractivity contribution is 6.08. The van der Waals surface area contributed by atoms with Gasteiger partial charge >= 0.3 is 6.03 Å². The number of benzene rings is 2. The monoisotopic (exact) mass is 488 g/mol. The zero-order valence-corrected chi connectivity index (χ0v) is 21.9. The summed E-state index contributed by atoms with van der Waals surface area (Å²) in [5.74, 6) is 0.704. The first-order chi connectivity index (χ1) is 17.2.